The Balaban J connectivity index is 1.41. The van der Waals surface area contributed by atoms with Gasteiger partial charge in [0.25, 0.3) is 15.9 Å². The summed E-state index contributed by atoms with van der Waals surface area (Å²) in [5.41, 5.74) is 4.43. The highest BCUT2D eigenvalue weighted by molar-refractivity contribution is 7.89. The largest absolute Gasteiger partial charge is 0.485 e. The van der Waals surface area contributed by atoms with Gasteiger partial charge in [0.2, 0.25) is 6.10 Å². The highest BCUT2D eigenvalue weighted by atomic mass is 32.2. The minimum Gasteiger partial charge on any atom is -0.485 e. The highest BCUT2D eigenvalue weighted by Gasteiger charge is 2.28. The van der Waals surface area contributed by atoms with Gasteiger partial charge in [0.05, 0.1) is 4.90 Å². The number of ether oxygens (including phenoxy) is 2. The summed E-state index contributed by atoms with van der Waals surface area (Å²) in [6, 6.07) is 12.0. The van der Waals surface area contributed by atoms with Crippen LogP contribution in [0.25, 0.3) is 0 Å². The Morgan fingerprint density at radius 3 is 2.65 bits per heavy atom. The van der Waals surface area contributed by atoms with E-state index in [4.69, 9.17) is 9.47 Å². The number of hydrazine groups is 1. The standard InChI is InChI=1S/C18H18N2O5S/c21-18(17-11-24-15-6-1-2-7-16(15)25-17)19-20-26(22,23)14-9-8-12-4-3-5-13(12)10-14/h1-2,6-10,17,20H,3-5,11H2,(H,19,21)/t17-/m1/s1. The van der Waals surface area contributed by atoms with Crippen molar-refractivity contribution in [2.24, 2.45) is 0 Å². The van der Waals surface area contributed by atoms with E-state index in [2.05, 4.69) is 10.3 Å². The van der Waals surface area contributed by atoms with E-state index in [1.807, 2.05) is 6.07 Å². The molecule has 2 aromatic carbocycles. The van der Waals surface area contributed by atoms with Crippen molar-refractivity contribution in [3.8, 4) is 11.5 Å². The molecule has 0 bridgehead atoms. The normalized spacial score (nSPS) is 18.2. The van der Waals surface area contributed by atoms with Gasteiger partial charge in [-0.3, -0.25) is 10.2 Å². The van der Waals surface area contributed by atoms with Gasteiger partial charge in [-0.05, 0) is 54.7 Å². The summed E-state index contributed by atoms with van der Waals surface area (Å²) in [5, 5.41) is 0. The fourth-order valence-electron chi connectivity index (χ4n) is 3.12. The van der Waals surface area contributed by atoms with E-state index in [-0.39, 0.29) is 11.5 Å². The van der Waals surface area contributed by atoms with E-state index in [1.165, 1.54) is 5.56 Å². The Bertz CT molecular complexity index is 958. The van der Waals surface area contributed by atoms with Gasteiger partial charge in [-0.15, -0.1) is 4.83 Å². The van der Waals surface area contributed by atoms with Crippen LogP contribution < -0.4 is 19.7 Å². The van der Waals surface area contributed by atoms with Crippen molar-refractivity contribution in [1.82, 2.24) is 10.3 Å². The van der Waals surface area contributed by atoms with Gasteiger partial charge in [0, 0.05) is 0 Å². The number of amides is 1. The number of para-hydroxylation sites is 2. The second-order valence-electron chi connectivity index (χ2n) is 6.24. The summed E-state index contributed by atoms with van der Waals surface area (Å²) in [5.74, 6) is 0.375. The summed E-state index contributed by atoms with van der Waals surface area (Å²) >= 11 is 0. The van der Waals surface area contributed by atoms with Crippen LogP contribution in [0.3, 0.4) is 0 Å². The number of hydrogen-bond donors (Lipinski definition) is 2. The van der Waals surface area contributed by atoms with Crippen molar-refractivity contribution in [2.75, 3.05) is 6.61 Å². The molecule has 2 N–H and O–H groups in total. The van der Waals surface area contributed by atoms with Crippen molar-refractivity contribution < 1.29 is 22.7 Å². The lowest BCUT2D eigenvalue weighted by molar-refractivity contribution is -0.130. The van der Waals surface area contributed by atoms with Crippen LogP contribution in [-0.2, 0) is 27.7 Å². The van der Waals surface area contributed by atoms with Crippen LogP contribution in [0.15, 0.2) is 47.4 Å². The average molecular weight is 374 g/mol. The van der Waals surface area contributed by atoms with Gasteiger partial charge in [-0.1, -0.05) is 18.2 Å². The molecule has 1 aliphatic heterocycles. The van der Waals surface area contributed by atoms with Crippen LogP contribution >= 0.6 is 0 Å². The zero-order chi connectivity index (χ0) is 18.1. The molecule has 7 nitrogen and oxygen atoms in total. The molecule has 1 heterocycles. The van der Waals surface area contributed by atoms with E-state index in [9.17, 15) is 13.2 Å². The number of nitrogens with one attached hydrogen (secondary N) is 2. The predicted molar refractivity (Wildman–Crippen MR) is 93.3 cm³/mol. The van der Waals surface area contributed by atoms with Gasteiger partial charge in [-0.2, -0.15) is 0 Å². The molecule has 0 radical (unpaired) electrons. The molecular formula is C18H18N2O5S. The Hall–Kier alpha value is -2.58. The van der Waals surface area contributed by atoms with Gasteiger partial charge >= 0.3 is 0 Å². The molecule has 0 spiro atoms. The third-order valence-electron chi connectivity index (χ3n) is 4.49. The second kappa shape index (κ2) is 6.62. The lowest BCUT2D eigenvalue weighted by Gasteiger charge is -2.25. The minimum atomic E-state index is -3.85. The molecule has 0 fully saturated rings. The number of carbonyl (C=O) groups is 1. The Morgan fingerprint density at radius 1 is 1.04 bits per heavy atom. The molecule has 0 saturated heterocycles. The van der Waals surface area contributed by atoms with E-state index in [0.29, 0.717) is 11.5 Å². The number of rotatable bonds is 4. The van der Waals surface area contributed by atoms with Gasteiger partial charge < -0.3 is 9.47 Å². The summed E-state index contributed by atoms with van der Waals surface area (Å²) in [4.78, 5) is 14.5. The SMILES string of the molecule is O=C(NNS(=O)(=O)c1ccc2c(c1)CCC2)[C@H]1COc2ccccc2O1. The molecule has 0 aromatic heterocycles. The average Bonchev–Trinajstić information content (AvgIpc) is 3.13. The first kappa shape index (κ1) is 16.9. The summed E-state index contributed by atoms with van der Waals surface area (Å²) < 4.78 is 35.9. The lowest BCUT2D eigenvalue weighted by atomic mass is 10.1. The molecule has 4 rings (SSSR count). The highest BCUT2D eigenvalue weighted by Crippen LogP contribution is 2.30. The molecule has 26 heavy (non-hydrogen) atoms. The number of fused-ring (bicyclic) bond motifs is 2. The predicted octanol–water partition coefficient (Wildman–Crippen LogP) is 1.32. The van der Waals surface area contributed by atoms with Crippen LogP contribution in [-0.4, -0.2) is 27.0 Å². The summed E-state index contributed by atoms with van der Waals surface area (Å²) in [7, 11) is -3.85. The maximum atomic E-state index is 12.4. The fourth-order valence-corrected chi connectivity index (χ4v) is 4.02. The first-order valence-corrected chi connectivity index (χ1v) is 9.83. The van der Waals surface area contributed by atoms with Crippen LogP contribution in [0.5, 0.6) is 11.5 Å². The first-order valence-electron chi connectivity index (χ1n) is 8.35. The van der Waals surface area contributed by atoms with E-state index in [0.717, 1.165) is 24.8 Å². The first-order chi connectivity index (χ1) is 12.5. The van der Waals surface area contributed by atoms with E-state index < -0.39 is 22.0 Å². The van der Waals surface area contributed by atoms with Crippen LogP contribution in [0.1, 0.15) is 17.5 Å². The Kier molecular flexibility index (Phi) is 4.29. The molecule has 1 amide bonds. The number of carbonyl (C=O) groups excluding carboxylic acids is 1. The molecule has 1 atom stereocenters. The zero-order valence-electron chi connectivity index (χ0n) is 13.9. The molecule has 0 saturated carbocycles. The molecule has 1 aliphatic carbocycles. The monoisotopic (exact) mass is 374 g/mol. The van der Waals surface area contributed by atoms with Gasteiger partial charge in [-0.25, -0.2) is 8.42 Å². The Labute approximate surface area is 151 Å². The molecule has 2 aliphatic rings. The smallest absolute Gasteiger partial charge is 0.279 e. The minimum absolute atomic E-state index is 0.00339. The van der Waals surface area contributed by atoms with Crippen molar-refractivity contribution in [3.63, 3.8) is 0 Å². The van der Waals surface area contributed by atoms with Crippen molar-refractivity contribution in [3.05, 3.63) is 53.6 Å². The van der Waals surface area contributed by atoms with Crippen molar-refractivity contribution >= 4 is 15.9 Å². The quantitative estimate of drug-likeness (QED) is 0.788. The van der Waals surface area contributed by atoms with Crippen LogP contribution in [0.4, 0.5) is 0 Å². The molecular weight excluding hydrogens is 356 g/mol. The molecule has 136 valence electrons. The summed E-state index contributed by atoms with van der Waals surface area (Å²) in [6.45, 7) is 0.00339. The molecule has 0 unspecified atom stereocenters. The van der Waals surface area contributed by atoms with Crippen LogP contribution in [0.2, 0.25) is 0 Å². The van der Waals surface area contributed by atoms with Crippen LogP contribution in [0, 0.1) is 0 Å². The molecule has 8 heteroatoms. The van der Waals surface area contributed by atoms with Crippen molar-refractivity contribution in [2.45, 2.75) is 30.3 Å². The van der Waals surface area contributed by atoms with E-state index >= 15 is 0 Å². The lowest BCUT2D eigenvalue weighted by Crippen LogP contribution is -2.50. The maximum Gasteiger partial charge on any atom is 0.279 e. The van der Waals surface area contributed by atoms with Gasteiger partial charge in [0.1, 0.15) is 6.61 Å². The second-order valence-corrected chi connectivity index (χ2v) is 7.93. The number of benzene rings is 2. The van der Waals surface area contributed by atoms with Crippen molar-refractivity contribution in [1.29, 1.82) is 0 Å². The van der Waals surface area contributed by atoms with E-state index in [1.54, 1.807) is 36.4 Å². The number of hydrogen-bond acceptors (Lipinski definition) is 5. The fraction of sp³-hybridized carbons (Fsp3) is 0.278. The summed E-state index contributed by atoms with van der Waals surface area (Å²) in [6.07, 6.45) is 1.94. The topological polar surface area (TPSA) is 93.7 Å². The Morgan fingerprint density at radius 2 is 1.81 bits per heavy atom. The molecule has 2 aromatic rings. The maximum absolute atomic E-state index is 12.4. The number of aryl methyl sites for hydroxylation is 2. The number of sulfonamides is 1. The van der Waals surface area contributed by atoms with Gasteiger partial charge in [0.15, 0.2) is 11.5 Å². The zero-order valence-corrected chi connectivity index (χ0v) is 14.7. The third kappa shape index (κ3) is 3.25. The third-order valence-corrected chi connectivity index (χ3v) is 5.74.